The van der Waals surface area contributed by atoms with Gasteiger partial charge in [-0.05, 0) is 31.6 Å². The first-order valence-corrected chi connectivity index (χ1v) is 6.16. The van der Waals surface area contributed by atoms with Crippen molar-refractivity contribution in [3.05, 3.63) is 0 Å². The van der Waals surface area contributed by atoms with Gasteiger partial charge in [-0.15, -0.1) is 0 Å². The van der Waals surface area contributed by atoms with Crippen molar-refractivity contribution in [1.82, 2.24) is 5.32 Å². The number of hydrogen-bond acceptors (Lipinski definition) is 2. The van der Waals surface area contributed by atoms with E-state index in [0.29, 0.717) is 6.10 Å². The highest BCUT2D eigenvalue weighted by Gasteiger charge is 2.42. The van der Waals surface area contributed by atoms with Crippen LogP contribution in [0, 0.1) is 5.92 Å². The lowest BCUT2D eigenvalue weighted by atomic mass is 9.96. The maximum Gasteiger partial charge on any atom is 0.0813 e. The van der Waals surface area contributed by atoms with Gasteiger partial charge in [0.05, 0.1) is 11.7 Å². The third kappa shape index (κ3) is 1.96. The van der Waals surface area contributed by atoms with E-state index in [9.17, 15) is 0 Å². The Balaban J connectivity index is 1.95. The second-order valence-electron chi connectivity index (χ2n) is 4.98. The van der Waals surface area contributed by atoms with Gasteiger partial charge in [-0.1, -0.05) is 20.3 Å². The number of nitrogens with one attached hydrogen (secondary N) is 1. The van der Waals surface area contributed by atoms with E-state index < -0.39 is 0 Å². The summed E-state index contributed by atoms with van der Waals surface area (Å²) >= 11 is 0. The van der Waals surface area contributed by atoms with E-state index >= 15 is 0 Å². The van der Waals surface area contributed by atoms with E-state index in [-0.39, 0.29) is 5.60 Å². The third-order valence-corrected chi connectivity index (χ3v) is 3.94. The van der Waals surface area contributed by atoms with Gasteiger partial charge in [0, 0.05) is 13.1 Å². The van der Waals surface area contributed by atoms with E-state index in [4.69, 9.17) is 4.74 Å². The summed E-state index contributed by atoms with van der Waals surface area (Å²) in [6, 6.07) is 0. The van der Waals surface area contributed by atoms with Gasteiger partial charge in [-0.3, -0.25) is 0 Å². The summed E-state index contributed by atoms with van der Waals surface area (Å²) in [5, 5.41) is 3.54. The van der Waals surface area contributed by atoms with Crippen molar-refractivity contribution < 1.29 is 4.74 Å². The number of ether oxygens (including phenoxy) is 1. The fourth-order valence-corrected chi connectivity index (χ4v) is 2.94. The predicted octanol–water partition coefficient (Wildman–Crippen LogP) is 2.33. The Kier molecular flexibility index (Phi) is 3.13. The molecule has 0 bridgehead atoms. The van der Waals surface area contributed by atoms with Crippen molar-refractivity contribution in [3.8, 4) is 0 Å². The lowest BCUT2D eigenvalue weighted by Gasteiger charge is -2.39. The van der Waals surface area contributed by atoms with Crippen molar-refractivity contribution in [1.29, 1.82) is 0 Å². The summed E-state index contributed by atoms with van der Waals surface area (Å²) in [6.07, 6.45) is 6.85. The predicted molar refractivity (Wildman–Crippen MR) is 58.4 cm³/mol. The molecule has 2 fully saturated rings. The normalized spacial score (nSPS) is 43.3. The lowest BCUT2D eigenvalue weighted by molar-refractivity contribution is -0.114. The van der Waals surface area contributed by atoms with Gasteiger partial charge in [0.25, 0.3) is 0 Å². The maximum atomic E-state index is 6.25. The average Bonchev–Trinajstić information content (AvgIpc) is 2.61. The quantitative estimate of drug-likeness (QED) is 0.733. The van der Waals surface area contributed by atoms with Crippen molar-refractivity contribution in [2.24, 2.45) is 5.92 Å². The molecule has 3 unspecified atom stereocenters. The molecule has 0 aromatic heterocycles. The summed E-state index contributed by atoms with van der Waals surface area (Å²) in [6.45, 7) is 6.66. The van der Waals surface area contributed by atoms with Crippen LogP contribution in [-0.4, -0.2) is 24.8 Å². The van der Waals surface area contributed by atoms with Gasteiger partial charge >= 0.3 is 0 Å². The molecule has 0 amide bonds. The zero-order valence-electron chi connectivity index (χ0n) is 9.51. The first kappa shape index (κ1) is 10.4. The van der Waals surface area contributed by atoms with E-state index in [2.05, 4.69) is 19.2 Å². The molecule has 1 saturated heterocycles. The standard InChI is InChI=1S/C12H23NO/c1-3-10-5-6-12(7-10)9-13-8-11(4-2)14-12/h10-11,13H,3-9H2,1-2H3. The maximum absolute atomic E-state index is 6.25. The van der Waals surface area contributed by atoms with Crippen LogP contribution in [0.25, 0.3) is 0 Å². The first-order chi connectivity index (χ1) is 6.78. The topological polar surface area (TPSA) is 21.3 Å². The van der Waals surface area contributed by atoms with Crippen molar-refractivity contribution in [2.45, 2.75) is 57.7 Å². The van der Waals surface area contributed by atoms with Crippen molar-refractivity contribution >= 4 is 0 Å². The smallest absolute Gasteiger partial charge is 0.0813 e. The van der Waals surface area contributed by atoms with Gasteiger partial charge in [0.2, 0.25) is 0 Å². The highest BCUT2D eigenvalue weighted by Crippen LogP contribution is 2.40. The molecule has 1 saturated carbocycles. The zero-order chi connectivity index (χ0) is 10.0. The Labute approximate surface area is 87.4 Å². The second kappa shape index (κ2) is 4.19. The van der Waals surface area contributed by atoms with Crippen LogP contribution in [0.4, 0.5) is 0 Å². The summed E-state index contributed by atoms with van der Waals surface area (Å²) in [7, 11) is 0. The minimum Gasteiger partial charge on any atom is -0.369 e. The minimum atomic E-state index is 0.208. The Bertz CT molecular complexity index is 195. The van der Waals surface area contributed by atoms with Gasteiger partial charge < -0.3 is 10.1 Å². The monoisotopic (exact) mass is 197 g/mol. The van der Waals surface area contributed by atoms with Gasteiger partial charge in [-0.2, -0.15) is 0 Å². The zero-order valence-corrected chi connectivity index (χ0v) is 9.51. The van der Waals surface area contributed by atoms with Crippen LogP contribution in [-0.2, 0) is 4.74 Å². The molecule has 1 spiro atoms. The SMILES string of the molecule is CCC1CCC2(CNCC(CC)O2)C1. The first-order valence-electron chi connectivity index (χ1n) is 6.16. The Morgan fingerprint density at radius 1 is 1.36 bits per heavy atom. The highest BCUT2D eigenvalue weighted by molar-refractivity contribution is 4.95. The molecule has 1 aliphatic heterocycles. The second-order valence-corrected chi connectivity index (χ2v) is 4.98. The van der Waals surface area contributed by atoms with Crippen LogP contribution in [0.15, 0.2) is 0 Å². The Hall–Kier alpha value is -0.0800. The molecule has 3 atom stereocenters. The van der Waals surface area contributed by atoms with E-state index in [0.717, 1.165) is 25.4 Å². The molecular weight excluding hydrogens is 174 g/mol. The fraction of sp³-hybridized carbons (Fsp3) is 1.00. The van der Waals surface area contributed by atoms with Crippen molar-refractivity contribution in [3.63, 3.8) is 0 Å². The molecule has 2 heteroatoms. The van der Waals surface area contributed by atoms with Gasteiger partial charge in [0.15, 0.2) is 0 Å². The number of rotatable bonds is 2. The molecule has 2 aliphatic rings. The number of morpholine rings is 1. The minimum absolute atomic E-state index is 0.208. The third-order valence-electron chi connectivity index (χ3n) is 3.94. The van der Waals surface area contributed by atoms with Crippen LogP contribution in [0.5, 0.6) is 0 Å². The lowest BCUT2D eigenvalue weighted by Crippen LogP contribution is -2.52. The number of hydrogen-bond donors (Lipinski definition) is 1. The Morgan fingerprint density at radius 2 is 2.21 bits per heavy atom. The molecule has 0 radical (unpaired) electrons. The molecule has 82 valence electrons. The average molecular weight is 197 g/mol. The van der Waals surface area contributed by atoms with Crippen LogP contribution < -0.4 is 5.32 Å². The molecular formula is C12H23NO. The van der Waals surface area contributed by atoms with E-state index in [1.807, 2.05) is 0 Å². The summed E-state index contributed by atoms with van der Waals surface area (Å²) in [5.74, 6) is 0.910. The van der Waals surface area contributed by atoms with Gasteiger partial charge in [0.1, 0.15) is 0 Å². The molecule has 1 N–H and O–H groups in total. The molecule has 1 heterocycles. The molecule has 2 nitrogen and oxygen atoms in total. The molecule has 14 heavy (non-hydrogen) atoms. The van der Waals surface area contributed by atoms with Crippen LogP contribution in [0.2, 0.25) is 0 Å². The van der Waals surface area contributed by atoms with Crippen LogP contribution >= 0.6 is 0 Å². The van der Waals surface area contributed by atoms with Gasteiger partial charge in [-0.25, -0.2) is 0 Å². The molecule has 2 rings (SSSR count). The fourth-order valence-electron chi connectivity index (χ4n) is 2.94. The summed E-state index contributed by atoms with van der Waals surface area (Å²) < 4.78 is 6.25. The molecule has 1 aliphatic carbocycles. The van der Waals surface area contributed by atoms with Crippen LogP contribution in [0.1, 0.15) is 46.0 Å². The Morgan fingerprint density at radius 3 is 2.86 bits per heavy atom. The van der Waals surface area contributed by atoms with Crippen LogP contribution in [0.3, 0.4) is 0 Å². The largest absolute Gasteiger partial charge is 0.369 e. The van der Waals surface area contributed by atoms with Crippen molar-refractivity contribution in [2.75, 3.05) is 13.1 Å². The molecule has 0 aromatic carbocycles. The van der Waals surface area contributed by atoms with E-state index in [1.165, 1.54) is 25.7 Å². The highest BCUT2D eigenvalue weighted by atomic mass is 16.5. The van der Waals surface area contributed by atoms with E-state index in [1.54, 1.807) is 0 Å². The summed E-state index contributed by atoms with van der Waals surface area (Å²) in [4.78, 5) is 0. The summed E-state index contributed by atoms with van der Waals surface area (Å²) in [5.41, 5.74) is 0.208. The molecule has 0 aromatic rings.